The van der Waals surface area contributed by atoms with E-state index in [-0.39, 0.29) is 0 Å². The van der Waals surface area contributed by atoms with Crippen molar-refractivity contribution in [3.05, 3.63) is 65.4 Å². The Morgan fingerprint density at radius 1 is 0.958 bits per heavy atom. The Morgan fingerprint density at radius 3 is 2.29 bits per heavy atom. The minimum atomic E-state index is -3.61. The molecule has 3 aromatic rings. The highest BCUT2D eigenvalue weighted by Crippen LogP contribution is 2.23. The van der Waals surface area contributed by atoms with Crippen molar-refractivity contribution >= 4 is 15.7 Å². The topological polar surface area (TPSA) is 74.8 Å². The Morgan fingerprint density at radius 2 is 1.67 bits per heavy atom. The third-order valence-electron chi connectivity index (χ3n) is 3.77. The highest BCUT2D eigenvalue weighted by molar-refractivity contribution is 7.92. The van der Waals surface area contributed by atoms with Gasteiger partial charge in [0.05, 0.1) is 10.6 Å². The van der Waals surface area contributed by atoms with Crippen molar-refractivity contribution in [3.63, 3.8) is 0 Å². The van der Waals surface area contributed by atoms with Gasteiger partial charge < -0.3 is 0 Å². The first-order valence-corrected chi connectivity index (χ1v) is 9.06. The molecule has 0 aliphatic carbocycles. The first kappa shape index (κ1) is 16.3. The number of aryl methyl sites for hydroxylation is 3. The number of nitrogens with zero attached hydrogens (tertiary/aromatic N) is 1. The van der Waals surface area contributed by atoms with E-state index in [1.807, 2.05) is 44.2 Å². The van der Waals surface area contributed by atoms with Crippen molar-refractivity contribution in [2.45, 2.75) is 25.7 Å². The molecule has 124 valence electrons. The van der Waals surface area contributed by atoms with Gasteiger partial charge in [-0.2, -0.15) is 5.10 Å². The minimum absolute atomic E-state index is 0.300. The fourth-order valence-corrected chi connectivity index (χ4v) is 3.87. The van der Waals surface area contributed by atoms with Crippen LogP contribution in [0.3, 0.4) is 0 Å². The Bertz CT molecular complexity index is 974. The second-order valence-electron chi connectivity index (χ2n) is 5.89. The molecule has 24 heavy (non-hydrogen) atoms. The third kappa shape index (κ3) is 3.33. The summed E-state index contributed by atoms with van der Waals surface area (Å²) in [6, 6.07) is 14.5. The van der Waals surface area contributed by atoms with Gasteiger partial charge in [-0.1, -0.05) is 24.3 Å². The summed E-state index contributed by atoms with van der Waals surface area (Å²) in [7, 11) is -3.61. The van der Waals surface area contributed by atoms with Crippen LogP contribution in [0.15, 0.2) is 53.4 Å². The van der Waals surface area contributed by atoms with Crippen molar-refractivity contribution in [1.82, 2.24) is 10.2 Å². The van der Waals surface area contributed by atoms with Gasteiger partial charge in [0.15, 0.2) is 0 Å². The Labute approximate surface area is 141 Å². The molecule has 0 fully saturated rings. The SMILES string of the molecule is Cc1ccc(C)c(S(=O)(=O)Nc2ccc(-c3cc(C)[nH]n3)cc2)c1. The summed E-state index contributed by atoms with van der Waals surface area (Å²) in [4.78, 5) is 0.300. The number of aromatic amines is 1. The molecule has 0 saturated carbocycles. The number of anilines is 1. The van der Waals surface area contributed by atoms with Gasteiger partial charge in [0, 0.05) is 16.9 Å². The van der Waals surface area contributed by atoms with E-state index in [4.69, 9.17) is 0 Å². The van der Waals surface area contributed by atoms with E-state index in [9.17, 15) is 8.42 Å². The van der Waals surface area contributed by atoms with Crippen LogP contribution >= 0.6 is 0 Å². The average Bonchev–Trinajstić information content (AvgIpc) is 2.96. The molecule has 0 spiro atoms. The lowest BCUT2D eigenvalue weighted by Gasteiger charge is -2.11. The highest BCUT2D eigenvalue weighted by Gasteiger charge is 2.17. The fraction of sp³-hybridized carbons (Fsp3) is 0.167. The lowest BCUT2D eigenvalue weighted by molar-refractivity contribution is 0.600. The predicted octanol–water partition coefficient (Wildman–Crippen LogP) is 3.80. The van der Waals surface area contributed by atoms with E-state index in [1.165, 1.54) is 0 Å². The van der Waals surface area contributed by atoms with Gasteiger partial charge in [-0.15, -0.1) is 0 Å². The molecule has 0 amide bonds. The maximum atomic E-state index is 12.6. The van der Waals surface area contributed by atoms with Crippen molar-refractivity contribution in [3.8, 4) is 11.3 Å². The summed E-state index contributed by atoms with van der Waals surface area (Å²) in [5.74, 6) is 0. The summed E-state index contributed by atoms with van der Waals surface area (Å²) in [6.07, 6.45) is 0. The van der Waals surface area contributed by atoms with Crippen molar-refractivity contribution in [2.75, 3.05) is 4.72 Å². The number of sulfonamides is 1. The molecule has 2 aromatic carbocycles. The van der Waals surface area contributed by atoms with Gasteiger partial charge in [-0.3, -0.25) is 9.82 Å². The van der Waals surface area contributed by atoms with E-state index in [0.29, 0.717) is 10.6 Å². The van der Waals surface area contributed by atoms with E-state index in [0.717, 1.165) is 28.1 Å². The van der Waals surface area contributed by atoms with Gasteiger partial charge in [0.2, 0.25) is 0 Å². The molecular formula is C18H19N3O2S. The lowest BCUT2D eigenvalue weighted by Crippen LogP contribution is -2.14. The van der Waals surface area contributed by atoms with Crippen molar-refractivity contribution in [2.24, 2.45) is 0 Å². The van der Waals surface area contributed by atoms with Crippen LogP contribution in [0.4, 0.5) is 5.69 Å². The van der Waals surface area contributed by atoms with Crippen LogP contribution in [-0.4, -0.2) is 18.6 Å². The van der Waals surface area contributed by atoms with E-state index >= 15 is 0 Å². The van der Waals surface area contributed by atoms with Gasteiger partial charge in [-0.05, 0) is 56.2 Å². The van der Waals surface area contributed by atoms with E-state index < -0.39 is 10.0 Å². The Kier molecular flexibility index (Phi) is 4.15. The summed E-state index contributed by atoms with van der Waals surface area (Å²) >= 11 is 0. The van der Waals surface area contributed by atoms with Crippen LogP contribution in [0.1, 0.15) is 16.8 Å². The highest BCUT2D eigenvalue weighted by atomic mass is 32.2. The molecule has 0 aliphatic rings. The lowest BCUT2D eigenvalue weighted by atomic mass is 10.1. The zero-order chi connectivity index (χ0) is 17.3. The standard InChI is InChI=1S/C18H19N3O2S/c1-12-4-5-13(2)18(10-12)24(22,23)21-16-8-6-15(7-9-16)17-11-14(3)19-20-17/h4-11,21H,1-3H3,(H,19,20). The number of hydrogen-bond donors (Lipinski definition) is 2. The maximum absolute atomic E-state index is 12.6. The average molecular weight is 341 g/mol. The first-order chi connectivity index (χ1) is 11.3. The van der Waals surface area contributed by atoms with Crippen LogP contribution in [-0.2, 0) is 10.0 Å². The molecule has 1 aromatic heterocycles. The summed E-state index contributed by atoms with van der Waals surface area (Å²) in [5, 5.41) is 7.09. The zero-order valence-electron chi connectivity index (χ0n) is 13.8. The van der Waals surface area contributed by atoms with Crippen molar-refractivity contribution < 1.29 is 8.42 Å². The molecule has 0 bridgehead atoms. The first-order valence-electron chi connectivity index (χ1n) is 7.58. The summed E-state index contributed by atoms with van der Waals surface area (Å²) in [6.45, 7) is 5.60. The molecule has 5 nitrogen and oxygen atoms in total. The normalized spacial score (nSPS) is 11.5. The van der Waals surface area contributed by atoms with E-state index in [2.05, 4.69) is 14.9 Å². The molecule has 0 unspecified atom stereocenters. The summed E-state index contributed by atoms with van der Waals surface area (Å²) in [5.41, 5.74) is 4.88. The molecule has 0 atom stereocenters. The number of hydrogen-bond acceptors (Lipinski definition) is 3. The summed E-state index contributed by atoms with van der Waals surface area (Å²) < 4.78 is 27.8. The minimum Gasteiger partial charge on any atom is -0.282 e. The molecule has 3 rings (SSSR count). The molecule has 1 heterocycles. The molecule has 6 heteroatoms. The van der Waals surface area contributed by atoms with Crippen molar-refractivity contribution in [1.29, 1.82) is 0 Å². The number of nitrogens with one attached hydrogen (secondary N) is 2. The number of benzene rings is 2. The second-order valence-corrected chi connectivity index (χ2v) is 7.54. The number of aromatic nitrogens is 2. The van der Waals surface area contributed by atoms with E-state index in [1.54, 1.807) is 25.1 Å². The van der Waals surface area contributed by atoms with Gasteiger partial charge in [-0.25, -0.2) is 8.42 Å². The largest absolute Gasteiger partial charge is 0.282 e. The molecule has 0 aliphatic heterocycles. The number of H-pyrrole nitrogens is 1. The monoisotopic (exact) mass is 341 g/mol. The van der Waals surface area contributed by atoms with Gasteiger partial charge in [0.1, 0.15) is 0 Å². The number of rotatable bonds is 4. The fourth-order valence-electron chi connectivity index (χ4n) is 2.48. The van der Waals surface area contributed by atoms with Crippen LogP contribution in [0.25, 0.3) is 11.3 Å². The van der Waals surface area contributed by atoms with Gasteiger partial charge in [0.25, 0.3) is 10.0 Å². The molecule has 0 saturated heterocycles. The Balaban J connectivity index is 1.86. The molecular weight excluding hydrogens is 322 g/mol. The van der Waals surface area contributed by atoms with Crippen LogP contribution in [0.2, 0.25) is 0 Å². The van der Waals surface area contributed by atoms with Gasteiger partial charge >= 0.3 is 0 Å². The molecule has 2 N–H and O–H groups in total. The van der Waals surface area contributed by atoms with Crippen LogP contribution < -0.4 is 4.72 Å². The zero-order valence-corrected chi connectivity index (χ0v) is 14.6. The van der Waals surface area contributed by atoms with Crippen LogP contribution in [0, 0.1) is 20.8 Å². The third-order valence-corrected chi connectivity index (χ3v) is 5.30. The smallest absolute Gasteiger partial charge is 0.262 e. The second kappa shape index (κ2) is 6.13. The maximum Gasteiger partial charge on any atom is 0.262 e. The molecule has 0 radical (unpaired) electrons. The Hall–Kier alpha value is -2.60. The van der Waals surface area contributed by atoms with Crippen LogP contribution in [0.5, 0.6) is 0 Å². The quantitative estimate of drug-likeness (QED) is 0.758. The predicted molar refractivity (Wildman–Crippen MR) is 95.5 cm³/mol.